The van der Waals surface area contributed by atoms with Crippen LogP contribution in [0.25, 0.3) is 0 Å². The van der Waals surface area contributed by atoms with E-state index in [1.54, 1.807) is 25.7 Å². The summed E-state index contributed by atoms with van der Waals surface area (Å²) >= 11 is 0. The molecule has 0 aromatic heterocycles. The molecule has 1 heterocycles. The van der Waals surface area contributed by atoms with Crippen LogP contribution in [0.3, 0.4) is 0 Å². The van der Waals surface area contributed by atoms with Gasteiger partial charge in [0.05, 0.1) is 4.92 Å². The van der Waals surface area contributed by atoms with E-state index in [4.69, 9.17) is 0 Å². The summed E-state index contributed by atoms with van der Waals surface area (Å²) in [6.07, 6.45) is 2.93. The highest BCUT2D eigenvalue weighted by molar-refractivity contribution is 6.05. The van der Waals surface area contributed by atoms with E-state index in [1.165, 1.54) is 29.2 Å². The molecule has 0 saturated carbocycles. The summed E-state index contributed by atoms with van der Waals surface area (Å²) in [6, 6.07) is 5.16. The first-order valence-corrected chi connectivity index (χ1v) is 8.10. The molecule has 0 atom stereocenters. The summed E-state index contributed by atoms with van der Waals surface area (Å²) in [5.41, 5.74) is -0.749. The van der Waals surface area contributed by atoms with E-state index in [9.17, 15) is 19.7 Å². The summed E-state index contributed by atoms with van der Waals surface area (Å²) in [7, 11) is 0. The van der Waals surface area contributed by atoms with Crippen LogP contribution >= 0.6 is 0 Å². The second kappa shape index (κ2) is 6.98. The van der Waals surface area contributed by atoms with Gasteiger partial charge in [0.25, 0.3) is 11.6 Å². The molecule has 7 heteroatoms. The van der Waals surface area contributed by atoms with Crippen LogP contribution in [0.2, 0.25) is 0 Å². The van der Waals surface area contributed by atoms with Gasteiger partial charge >= 0.3 is 6.03 Å². The fraction of sp³-hybridized carbons (Fsp3) is 0.529. The molecule has 1 aliphatic rings. The number of nitrogens with zero attached hydrogens (tertiary/aromatic N) is 3. The van der Waals surface area contributed by atoms with Crippen molar-refractivity contribution in [3.63, 3.8) is 0 Å². The second-order valence-corrected chi connectivity index (χ2v) is 6.95. The number of carbonyl (C=O) groups excluding carboxylic acids is 2. The smallest absolute Gasteiger partial charge is 0.324 e. The van der Waals surface area contributed by atoms with Crippen molar-refractivity contribution >= 4 is 17.6 Å². The van der Waals surface area contributed by atoms with Crippen LogP contribution in [0.5, 0.6) is 0 Å². The van der Waals surface area contributed by atoms with Gasteiger partial charge < -0.3 is 4.90 Å². The molecule has 24 heavy (non-hydrogen) atoms. The Kier molecular flexibility index (Phi) is 5.21. The third kappa shape index (κ3) is 3.90. The Bertz CT molecular complexity index is 645. The molecule has 1 saturated heterocycles. The van der Waals surface area contributed by atoms with Gasteiger partial charge in [0.1, 0.15) is 0 Å². The van der Waals surface area contributed by atoms with Crippen LogP contribution in [0, 0.1) is 10.1 Å². The van der Waals surface area contributed by atoms with E-state index in [-0.39, 0.29) is 17.3 Å². The maximum atomic E-state index is 12.9. The molecule has 0 spiro atoms. The average Bonchev–Trinajstić information content (AvgIpc) is 2.54. The lowest BCUT2D eigenvalue weighted by Crippen LogP contribution is -2.55. The number of amides is 3. The molecule has 130 valence electrons. The molecule has 2 rings (SSSR count). The first-order chi connectivity index (χ1) is 11.2. The number of hydrogen-bond donors (Lipinski definition) is 0. The van der Waals surface area contributed by atoms with Gasteiger partial charge in [-0.2, -0.15) is 0 Å². The molecule has 1 aromatic rings. The Hall–Kier alpha value is -2.44. The summed E-state index contributed by atoms with van der Waals surface area (Å²) < 4.78 is 0. The van der Waals surface area contributed by atoms with Crippen molar-refractivity contribution in [2.24, 2.45) is 0 Å². The molecule has 7 nitrogen and oxygen atoms in total. The van der Waals surface area contributed by atoms with Crippen molar-refractivity contribution in [3.05, 3.63) is 39.9 Å². The zero-order chi connectivity index (χ0) is 17.9. The van der Waals surface area contributed by atoms with E-state index in [2.05, 4.69) is 0 Å². The molecule has 0 unspecified atom stereocenters. The first-order valence-electron chi connectivity index (χ1n) is 8.10. The van der Waals surface area contributed by atoms with Crippen LogP contribution in [-0.2, 0) is 0 Å². The highest BCUT2D eigenvalue weighted by Gasteiger charge is 2.36. The monoisotopic (exact) mass is 333 g/mol. The highest BCUT2D eigenvalue weighted by Crippen LogP contribution is 2.23. The van der Waals surface area contributed by atoms with E-state index >= 15 is 0 Å². The van der Waals surface area contributed by atoms with Crippen molar-refractivity contribution in [1.82, 2.24) is 9.80 Å². The average molecular weight is 333 g/mol. The normalized spacial score (nSPS) is 15.0. The fourth-order valence-electron chi connectivity index (χ4n) is 2.79. The number of rotatable bonds is 2. The van der Waals surface area contributed by atoms with E-state index in [1.807, 2.05) is 0 Å². The Balaban J connectivity index is 2.34. The third-order valence-corrected chi connectivity index (χ3v) is 4.00. The summed E-state index contributed by atoms with van der Waals surface area (Å²) in [4.78, 5) is 39.1. The number of likely N-dealkylation sites (tertiary alicyclic amines) is 1. The van der Waals surface area contributed by atoms with Gasteiger partial charge in [-0.15, -0.1) is 0 Å². The van der Waals surface area contributed by atoms with Crippen LogP contribution in [0.1, 0.15) is 50.4 Å². The second-order valence-electron chi connectivity index (χ2n) is 6.95. The number of piperidine rings is 1. The summed E-state index contributed by atoms with van der Waals surface area (Å²) in [6.45, 7) is 6.61. The zero-order valence-corrected chi connectivity index (χ0v) is 14.3. The van der Waals surface area contributed by atoms with E-state index < -0.39 is 16.4 Å². The molecule has 0 aliphatic carbocycles. The Labute approximate surface area is 141 Å². The number of imide groups is 1. The summed E-state index contributed by atoms with van der Waals surface area (Å²) in [5.74, 6) is -0.512. The van der Waals surface area contributed by atoms with Gasteiger partial charge in [0.2, 0.25) is 0 Å². The molecule has 1 aliphatic heterocycles. The van der Waals surface area contributed by atoms with Gasteiger partial charge in [-0.3, -0.25) is 19.8 Å². The van der Waals surface area contributed by atoms with Crippen molar-refractivity contribution in [2.45, 2.75) is 45.6 Å². The predicted molar refractivity (Wildman–Crippen MR) is 89.8 cm³/mol. The van der Waals surface area contributed by atoms with Crippen molar-refractivity contribution in [1.29, 1.82) is 0 Å². The topological polar surface area (TPSA) is 83.8 Å². The number of carbonyl (C=O) groups is 2. The minimum atomic E-state index is -0.726. The van der Waals surface area contributed by atoms with Crippen LogP contribution in [0.4, 0.5) is 10.5 Å². The van der Waals surface area contributed by atoms with Crippen LogP contribution in [-0.4, -0.2) is 45.3 Å². The number of nitro benzene ring substituents is 1. The maximum absolute atomic E-state index is 12.9. The van der Waals surface area contributed by atoms with Gasteiger partial charge in [0.15, 0.2) is 0 Å². The zero-order valence-electron chi connectivity index (χ0n) is 14.3. The maximum Gasteiger partial charge on any atom is 0.327 e. The number of non-ortho nitro benzene ring substituents is 1. The molecule has 1 aromatic carbocycles. The number of benzene rings is 1. The SMILES string of the molecule is CC(C)(C)N(C(=O)c1cccc([N+](=O)[O-])c1)C(=O)N1CCCCC1. The number of urea groups is 1. The largest absolute Gasteiger partial charge is 0.327 e. The Morgan fingerprint density at radius 2 is 1.79 bits per heavy atom. The van der Waals surface area contributed by atoms with Crippen LogP contribution < -0.4 is 0 Å². The van der Waals surface area contributed by atoms with Gasteiger partial charge in [-0.25, -0.2) is 4.79 Å². The quantitative estimate of drug-likeness (QED) is 0.613. The van der Waals surface area contributed by atoms with Gasteiger partial charge in [-0.05, 0) is 46.1 Å². The van der Waals surface area contributed by atoms with E-state index in [0.717, 1.165) is 19.3 Å². The molecule has 0 radical (unpaired) electrons. The standard InChI is InChI=1S/C17H23N3O4/c1-17(2,3)19(16(22)18-10-5-4-6-11-18)15(21)13-8-7-9-14(12-13)20(23)24/h7-9,12H,4-6,10-11H2,1-3H3. The third-order valence-electron chi connectivity index (χ3n) is 4.00. The van der Waals surface area contributed by atoms with Crippen LogP contribution in [0.15, 0.2) is 24.3 Å². The highest BCUT2D eigenvalue weighted by atomic mass is 16.6. The molecule has 3 amide bonds. The predicted octanol–water partition coefficient (Wildman–Crippen LogP) is 3.44. The van der Waals surface area contributed by atoms with Crippen molar-refractivity contribution in [2.75, 3.05) is 13.1 Å². The lowest BCUT2D eigenvalue weighted by atomic mass is 10.0. The molecule has 1 fully saturated rings. The fourth-order valence-corrected chi connectivity index (χ4v) is 2.79. The lowest BCUT2D eigenvalue weighted by molar-refractivity contribution is -0.384. The lowest BCUT2D eigenvalue weighted by Gasteiger charge is -2.39. The van der Waals surface area contributed by atoms with E-state index in [0.29, 0.717) is 13.1 Å². The molecular formula is C17H23N3O4. The van der Waals surface area contributed by atoms with Crippen molar-refractivity contribution in [3.8, 4) is 0 Å². The number of nitro groups is 1. The minimum absolute atomic E-state index is 0.143. The van der Waals surface area contributed by atoms with Gasteiger partial charge in [0, 0.05) is 36.3 Å². The molecule has 0 N–H and O–H groups in total. The minimum Gasteiger partial charge on any atom is -0.324 e. The molecule has 0 bridgehead atoms. The number of hydrogen-bond acceptors (Lipinski definition) is 4. The molecular weight excluding hydrogens is 310 g/mol. The Morgan fingerprint density at radius 3 is 2.33 bits per heavy atom. The van der Waals surface area contributed by atoms with Gasteiger partial charge in [-0.1, -0.05) is 6.07 Å². The first kappa shape index (κ1) is 17.9. The van der Waals surface area contributed by atoms with Crippen molar-refractivity contribution < 1.29 is 14.5 Å². The summed E-state index contributed by atoms with van der Waals surface area (Å²) in [5, 5.41) is 10.9. The Morgan fingerprint density at radius 1 is 1.17 bits per heavy atom.